The van der Waals surface area contributed by atoms with Crippen LogP contribution in [0.5, 0.6) is 0 Å². The van der Waals surface area contributed by atoms with Gasteiger partial charge in [-0.1, -0.05) is 6.42 Å². The zero-order chi connectivity index (χ0) is 14.5. The van der Waals surface area contributed by atoms with E-state index in [0.29, 0.717) is 30.4 Å². The van der Waals surface area contributed by atoms with Crippen molar-refractivity contribution in [3.05, 3.63) is 23.6 Å². The van der Waals surface area contributed by atoms with E-state index in [1.165, 1.54) is 25.3 Å². The van der Waals surface area contributed by atoms with Crippen molar-refractivity contribution in [1.29, 1.82) is 0 Å². The Kier molecular flexibility index (Phi) is 4.93. The highest BCUT2D eigenvalue weighted by molar-refractivity contribution is 5.98. The molecule has 1 amide bonds. The number of nitrogens with zero attached hydrogens (tertiary/aromatic N) is 2. The first-order valence-electron chi connectivity index (χ1n) is 7.34. The second kappa shape index (κ2) is 6.68. The molecule has 1 aliphatic carbocycles. The third kappa shape index (κ3) is 3.26. The van der Waals surface area contributed by atoms with Crippen LogP contribution in [-0.4, -0.2) is 35.4 Å². The van der Waals surface area contributed by atoms with Gasteiger partial charge in [-0.25, -0.2) is 9.37 Å². The summed E-state index contributed by atoms with van der Waals surface area (Å²) in [4.78, 5) is 18.4. The molecule has 1 aromatic rings. The number of hydrogen-bond acceptors (Lipinski definition) is 3. The maximum atomic E-state index is 13.4. The molecule has 1 saturated carbocycles. The van der Waals surface area contributed by atoms with Crippen LogP contribution in [0.2, 0.25) is 0 Å². The van der Waals surface area contributed by atoms with Gasteiger partial charge in [-0.2, -0.15) is 0 Å². The first kappa shape index (κ1) is 14.8. The molecule has 20 heavy (non-hydrogen) atoms. The molecule has 1 fully saturated rings. The first-order chi connectivity index (χ1) is 9.65. The van der Waals surface area contributed by atoms with Crippen molar-refractivity contribution in [3.8, 4) is 0 Å². The third-order valence-corrected chi connectivity index (χ3v) is 3.80. The molecule has 1 aromatic heterocycles. The molecule has 0 aliphatic heterocycles. The van der Waals surface area contributed by atoms with Crippen molar-refractivity contribution < 1.29 is 9.18 Å². The summed E-state index contributed by atoms with van der Waals surface area (Å²) in [5.41, 5.74) is 0.327. The van der Waals surface area contributed by atoms with E-state index in [0.717, 1.165) is 12.7 Å². The molecule has 1 heterocycles. The van der Waals surface area contributed by atoms with E-state index in [-0.39, 0.29) is 5.91 Å². The maximum absolute atomic E-state index is 13.4. The van der Waals surface area contributed by atoms with Crippen LogP contribution in [0.1, 0.15) is 43.5 Å². The van der Waals surface area contributed by atoms with Crippen molar-refractivity contribution >= 4 is 11.7 Å². The van der Waals surface area contributed by atoms with Crippen molar-refractivity contribution in [2.45, 2.75) is 33.1 Å². The molecule has 1 N–H and O–H groups in total. The highest BCUT2D eigenvalue weighted by atomic mass is 19.1. The molecular weight excluding hydrogens is 257 g/mol. The van der Waals surface area contributed by atoms with Crippen LogP contribution in [0.25, 0.3) is 0 Å². The number of anilines is 1. The van der Waals surface area contributed by atoms with Gasteiger partial charge in [0.25, 0.3) is 5.91 Å². The largest absolute Gasteiger partial charge is 0.370 e. The smallest absolute Gasteiger partial charge is 0.257 e. The van der Waals surface area contributed by atoms with Crippen molar-refractivity contribution in [1.82, 2.24) is 9.88 Å². The predicted molar refractivity (Wildman–Crippen MR) is 77.3 cm³/mol. The van der Waals surface area contributed by atoms with Crippen LogP contribution in [0.3, 0.4) is 0 Å². The number of halogens is 1. The van der Waals surface area contributed by atoms with Crippen LogP contribution < -0.4 is 5.32 Å². The fourth-order valence-corrected chi connectivity index (χ4v) is 2.42. The summed E-state index contributed by atoms with van der Waals surface area (Å²) in [7, 11) is 0. The van der Waals surface area contributed by atoms with E-state index in [2.05, 4.69) is 10.3 Å². The minimum Gasteiger partial charge on any atom is -0.370 e. The Balaban J connectivity index is 2.18. The first-order valence-corrected chi connectivity index (χ1v) is 7.34. The zero-order valence-electron chi connectivity index (χ0n) is 12.2. The Morgan fingerprint density at radius 2 is 2.25 bits per heavy atom. The van der Waals surface area contributed by atoms with E-state index in [4.69, 9.17) is 0 Å². The van der Waals surface area contributed by atoms with Gasteiger partial charge in [-0.15, -0.1) is 0 Å². The molecule has 0 unspecified atom stereocenters. The van der Waals surface area contributed by atoms with Gasteiger partial charge < -0.3 is 10.2 Å². The van der Waals surface area contributed by atoms with Gasteiger partial charge in [-0.05, 0) is 38.7 Å². The van der Waals surface area contributed by atoms with Gasteiger partial charge in [0.15, 0.2) is 0 Å². The maximum Gasteiger partial charge on any atom is 0.257 e. The number of nitrogens with one attached hydrogen (secondary N) is 1. The summed E-state index contributed by atoms with van der Waals surface area (Å²) in [6.07, 6.45) is 4.76. The summed E-state index contributed by atoms with van der Waals surface area (Å²) in [6.45, 7) is 5.92. The van der Waals surface area contributed by atoms with Crippen LogP contribution in [-0.2, 0) is 0 Å². The van der Waals surface area contributed by atoms with Crippen LogP contribution in [0, 0.1) is 11.7 Å². The highest BCUT2D eigenvalue weighted by Gasteiger charge is 2.25. The Labute approximate surface area is 119 Å². The Bertz CT molecular complexity index is 474. The second-order valence-electron chi connectivity index (χ2n) is 5.22. The highest BCUT2D eigenvalue weighted by Crippen LogP contribution is 2.28. The summed E-state index contributed by atoms with van der Waals surface area (Å²) < 4.78 is 13.4. The minimum absolute atomic E-state index is 0.137. The number of amides is 1. The van der Waals surface area contributed by atoms with Crippen LogP contribution in [0.4, 0.5) is 10.2 Å². The Morgan fingerprint density at radius 3 is 2.80 bits per heavy atom. The second-order valence-corrected chi connectivity index (χ2v) is 5.22. The molecule has 110 valence electrons. The molecule has 2 rings (SSSR count). The average molecular weight is 279 g/mol. The fourth-order valence-electron chi connectivity index (χ4n) is 2.42. The van der Waals surface area contributed by atoms with Crippen LogP contribution >= 0.6 is 0 Å². The number of carbonyl (C=O) groups is 1. The molecular formula is C15H22FN3O. The molecule has 1 aliphatic rings. The number of rotatable bonds is 6. The molecule has 0 bridgehead atoms. The number of carbonyl (C=O) groups excluding carboxylic acids is 1. The fraction of sp³-hybridized carbons (Fsp3) is 0.600. The van der Waals surface area contributed by atoms with E-state index in [9.17, 15) is 9.18 Å². The summed E-state index contributed by atoms with van der Waals surface area (Å²) in [5.74, 6) is 0.450. The number of hydrogen-bond donors (Lipinski definition) is 1. The Hall–Kier alpha value is -1.65. The summed E-state index contributed by atoms with van der Waals surface area (Å²) in [5, 5.41) is 3.02. The minimum atomic E-state index is -0.477. The van der Waals surface area contributed by atoms with Gasteiger partial charge >= 0.3 is 0 Å². The molecule has 0 radical (unpaired) electrons. The molecule has 4 nitrogen and oxygen atoms in total. The standard InChI is InChI=1S/C15H22FN3O/c1-3-17-14-13(8-12(16)9-18-14)15(20)19(4-2)10-11-6-5-7-11/h8-9,11H,3-7,10H2,1-2H3,(H,17,18). The van der Waals surface area contributed by atoms with Crippen molar-refractivity contribution in [2.75, 3.05) is 25.0 Å². The molecule has 0 aromatic carbocycles. The molecule has 0 spiro atoms. The zero-order valence-corrected chi connectivity index (χ0v) is 12.2. The Morgan fingerprint density at radius 1 is 1.50 bits per heavy atom. The van der Waals surface area contributed by atoms with Gasteiger partial charge in [0, 0.05) is 19.6 Å². The summed E-state index contributed by atoms with van der Waals surface area (Å²) in [6, 6.07) is 1.27. The normalized spacial score (nSPS) is 14.8. The lowest BCUT2D eigenvalue weighted by atomic mass is 9.85. The lowest BCUT2D eigenvalue weighted by Crippen LogP contribution is -2.37. The lowest BCUT2D eigenvalue weighted by Gasteiger charge is -2.32. The van der Waals surface area contributed by atoms with E-state index >= 15 is 0 Å². The van der Waals surface area contributed by atoms with E-state index in [1.807, 2.05) is 13.8 Å². The summed E-state index contributed by atoms with van der Waals surface area (Å²) >= 11 is 0. The number of pyridine rings is 1. The van der Waals surface area contributed by atoms with Crippen LogP contribution in [0.15, 0.2) is 12.3 Å². The average Bonchev–Trinajstić information content (AvgIpc) is 2.39. The molecule has 0 saturated heterocycles. The quantitative estimate of drug-likeness (QED) is 0.871. The molecule has 5 heteroatoms. The van der Waals surface area contributed by atoms with Gasteiger partial charge in [0.1, 0.15) is 11.6 Å². The van der Waals surface area contributed by atoms with Crippen molar-refractivity contribution in [2.24, 2.45) is 5.92 Å². The number of aromatic nitrogens is 1. The van der Waals surface area contributed by atoms with Gasteiger partial charge in [-0.3, -0.25) is 4.79 Å². The van der Waals surface area contributed by atoms with Gasteiger partial charge in [0.05, 0.1) is 11.8 Å². The van der Waals surface area contributed by atoms with Crippen molar-refractivity contribution in [3.63, 3.8) is 0 Å². The topological polar surface area (TPSA) is 45.2 Å². The molecule has 0 atom stereocenters. The van der Waals surface area contributed by atoms with E-state index in [1.54, 1.807) is 4.90 Å². The lowest BCUT2D eigenvalue weighted by molar-refractivity contribution is 0.0706. The monoisotopic (exact) mass is 279 g/mol. The third-order valence-electron chi connectivity index (χ3n) is 3.80. The SMILES string of the molecule is CCNc1ncc(F)cc1C(=O)N(CC)CC1CCC1. The predicted octanol–water partition coefficient (Wildman–Crippen LogP) is 2.91. The van der Waals surface area contributed by atoms with E-state index < -0.39 is 5.82 Å². The van der Waals surface area contributed by atoms with Gasteiger partial charge in [0.2, 0.25) is 0 Å².